The quantitative estimate of drug-likeness (QED) is 0.651. The van der Waals surface area contributed by atoms with E-state index in [1.165, 1.54) is 25.8 Å². The topological polar surface area (TPSA) is 39.1 Å². The Labute approximate surface area is 99.8 Å². The predicted molar refractivity (Wildman–Crippen MR) is 67.2 cm³/mol. The van der Waals surface area contributed by atoms with E-state index in [9.17, 15) is 0 Å². The molecule has 0 radical (unpaired) electrons. The zero-order valence-electron chi connectivity index (χ0n) is 10.7. The Kier molecular flexibility index (Phi) is 6.44. The zero-order valence-corrected chi connectivity index (χ0v) is 10.7. The van der Waals surface area contributed by atoms with Gasteiger partial charge in [0.15, 0.2) is 0 Å². The maximum absolute atomic E-state index is 9.02. The highest BCUT2D eigenvalue weighted by atomic mass is 15.2. The molecule has 0 heterocycles. The summed E-state index contributed by atoms with van der Waals surface area (Å²) in [6.45, 7) is 7.58. The molecule has 1 aliphatic rings. The summed E-state index contributed by atoms with van der Waals surface area (Å²) in [5, 5.41) is 12.3. The Morgan fingerprint density at radius 1 is 1.31 bits per heavy atom. The van der Waals surface area contributed by atoms with Gasteiger partial charge < -0.3 is 10.2 Å². The predicted octanol–water partition coefficient (Wildman–Crippen LogP) is 2.14. The van der Waals surface area contributed by atoms with Crippen LogP contribution in [0, 0.1) is 11.3 Å². The third-order valence-electron chi connectivity index (χ3n) is 3.08. The molecule has 1 fully saturated rings. The molecule has 0 aromatic carbocycles. The van der Waals surface area contributed by atoms with E-state index < -0.39 is 0 Å². The van der Waals surface area contributed by atoms with E-state index in [1.807, 2.05) is 0 Å². The fourth-order valence-corrected chi connectivity index (χ4v) is 2.03. The Bertz CT molecular complexity index is 218. The normalized spacial score (nSPS) is 17.4. The summed E-state index contributed by atoms with van der Waals surface area (Å²) in [4.78, 5) is 2.55. The monoisotopic (exact) mass is 223 g/mol. The third-order valence-corrected chi connectivity index (χ3v) is 3.08. The maximum atomic E-state index is 9.02. The summed E-state index contributed by atoms with van der Waals surface area (Å²) in [7, 11) is 0. The van der Waals surface area contributed by atoms with Gasteiger partial charge in [-0.3, -0.25) is 0 Å². The average Bonchev–Trinajstić information content (AvgIpc) is 3.11. The second kappa shape index (κ2) is 7.65. The van der Waals surface area contributed by atoms with Crippen LogP contribution < -0.4 is 5.32 Å². The number of hydrogen-bond acceptors (Lipinski definition) is 3. The average molecular weight is 223 g/mol. The standard InChI is InChI=1S/C13H25N3/c1-3-8-15-12(11-14)7-10-16(9-4-2)13-5-6-13/h12-13,15H,3-10H2,1-2H3. The first kappa shape index (κ1) is 13.5. The molecule has 3 nitrogen and oxygen atoms in total. The van der Waals surface area contributed by atoms with E-state index in [1.54, 1.807) is 0 Å². The minimum absolute atomic E-state index is 0.0399. The Hall–Kier alpha value is -0.590. The van der Waals surface area contributed by atoms with Gasteiger partial charge in [0.2, 0.25) is 0 Å². The number of rotatable bonds is 9. The van der Waals surface area contributed by atoms with Crippen LogP contribution >= 0.6 is 0 Å². The molecule has 0 spiro atoms. The molecule has 3 heteroatoms. The summed E-state index contributed by atoms with van der Waals surface area (Å²) in [6, 6.07) is 3.22. The van der Waals surface area contributed by atoms with Crippen LogP contribution in [0.4, 0.5) is 0 Å². The highest BCUT2D eigenvalue weighted by molar-refractivity contribution is 4.92. The number of hydrogen-bond donors (Lipinski definition) is 1. The molecule has 0 bridgehead atoms. The van der Waals surface area contributed by atoms with Crippen molar-refractivity contribution in [2.75, 3.05) is 19.6 Å². The van der Waals surface area contributed by atoms with Crippen LogP contribution in [0.15, 0.2) is 0 Å². The van der Waals surface area contributed by atoms with Crippen LogP contribution in [0.1, 0.15) is 46.0 Å². The van der Waals surface area contributed by atoms with Crippen molar-refractivity contribution in [3.63, 3.8) is 0 Å². The van der Waals surface area contributed by atoms with Gasteiger partial charge in [0, 0.05) is 12.6 Å². The van der Waals surface area contributed by atoms with Crippen LogP contribution in [-0.2, 0) is 0 Å². The van der Waals surface area contributed by atoms with E-state index in [4.69, 9.17) is 5.26 Å². The molecule has 1 aliphatic carbocycles. The Morgan fingerprint density at radius 2 is 2.06 bits per heavy atom. The highest BCUT2D eigenvalue weighted by Crippen LogP contribution is 2.27. The summed E-state index contributed by atoms with van der Waals surface area (Å²) in [6.07, 6.45) is 6.00. The Morgan fingerprint density at radius 3 is 2.56 bits per heavy atom. The molecule has 0 saturated heterocycles. The largest absolute Gasteiger partial charge is 0.302 e. The van der Waals surface area contributed by atoms with Crippen molar-refractivity contribution in [1.29, 1.82) is 5.26 Å². The first-order chi connectivity index (χ1) is 7.81. The molecule has 0 aromatic heterocycles. The molecule has 0 amide bonds. The second-order valence-corrected chi connectivity index (χ2v) is 4.69. The fraction of sp³-hybridized carbons (Fsp3) is 0.923. The molecule has 1 saturated carbocycles. The highest BCUT2D eigenvalue weighted by Gasteiger charge is 2.28. The van der Waals surface area contributed by atoms with E-state index in [0.717, 1.165) is 32.0 Å². The van der Waals surface area contributed by atoms with Gasteiger partial charge in [-0.25, -0.2) is 0 Å². The first-order valence-corrected chi connectivity index (χ1v) is 6.68. The van der Waals surface area contributed by atoms with Gasteiger partial charge in [-0.05, 0) is 45.2 Å². The van der Waals surface area contributed by atoms with Crippen molar-refractivity contribution in [3.05, 3.63) is 0 Å². The number of nitrogens with one attached hydrogen (secondary N) is 1. The van der Waals surface area contributed by atoms with Gasteiger partial charge in [-0.1, -0.05) is 13.8 Å². The molecule has 0 aliphatic heterocycles. The van der Waals surface area contributed by atoms with Crippen molar-refractivity contribution >= 4 is 0 Å². The van der Waals surface area contributed by atoms with Crippen LogP contribution in [0.25, 0.3) is 0 Å². The van der Waals surface area contributed by atoms with Gasteiger partial charge in [0.25, 0.3) is 0 Å². The van der Waals surface area contributed by atoms with E-state index in [2.05, 4.69) is 30.1 Å². The molecule has 1 unspecified atom stereocenters. The smallest absolute Gasteiger partial charge is 0.0965 e. The molecule has 1 atom stereocenters. The van der Waals surface area contributed by atoms with Gasteiger partial charge >= 0.3 is 0 Å². The number of nitriles is 1. The molecule has 0 aromatic rings. The fourth-order valence-electron chi connectivity index (χ4n) is 2.03. The van der Waals surface area contributed by atoms with Gasteiger partial charge in [-0.2, -0.15) is 5.26 Å². The van der Waals surface area contributed by atoms with Gasteiger partial charge in [0.05, 0.1) is 12.1 Å². The van der Waals surface area contributed by atoms with Crippen LogP contribution in [0.3, 0.4) is 0 Å². The van der Waals surface area contributed by atoms with Gasteiger partial charge in [0.1, 0.15) is 0 Å². The van der Waals surface area contributed by atoms with E-state index in [0.29, 0.717) is 0 Å². The SMILES string of the molecule is CCCNC(C#N)CCN(CCC)C1CC1. The van der Waals surface area contributed by atoms with Crippen LogP contribution in [0.2, 0.25) is 0 Å². The van der Waals surface area contributed by atoms with Crippen LogP contribution in [0.5, 0.6) is 0 Å². The van der Waals surface area contributed by atoms with Gasteiger partial charge in [-0.15, -0.1) is 0 Å². The van der Waals surface area contributed by atoms with Crippen molar-refractivity contribution in [3.8, 4) is 6.07 Å². The summed E-state index contributed by atoms with van der Waals surface area (Å²) in [5.41, 5.74) is 0. The maximum Gasteiger partial charge on any atom is 0.0965 e. The lowest BCUT2D eigenvalue weighted by atomic mass is 10.2. The summed E-state index contributed by atoms with van der Waals surface area (Å²) in [5.74, 6) is 0. The Balaban J connectivity index is 2.20. The summed E-state index contributed by atoms with van der Waals surface area (Å²) >= 11 is 0. The lowest BCUT2D eigenvalue weighted by Gasteiger charge is -2.22. The van der Waals surface area contributed by atoms with E-state index >= 15 is 0 Å². The van der Waals surface area contributed by atoms with Crippen molar-refractivity contribution in [2.45, 2.75) is 58.0 Å². The number of nitrogens with zero attached hydrogens (tertiary/aromatic N) is 2. The molecule has 16 heavy (non-hydrogen) atoms. The minimum Gasteiger partial charge on any atom is -0.302 e. The second-order valence-electron chi connectivity index (χ2n) is 4.69. The molecule has 1 N–H and O–H groups in total. The van der Waals surface area contributed by atoms with Crippen LogP contribution in [-0.4, -0.2) is 36.6 Å². The lowest BCUT2D eigenvalue weighted by Crippen LogP contribution is -2.35. The minimum atomic E-state index is 0.0399. The molecule has 92 valence electrons. The summed E-state index contributed by atoms with van der Waals surface area (Å²) < 4.78 is 0. The first-order valence-electron chi connectivity index (χ1n) is 6.68. The van der Waals surface area contributed by atoms with Crippen molar-refractivity contribution in [2.24, 2.45) is 0 Å². The van der Waals surface area contributed by atoms with Crippen molar-refractivity contribution in [1.82, 2.24) is 10.2 Å². The third kappa shape index (κ3) is 4.96. The van der Waals surface area contributed by atoms with E-state index in [-0.39, 0.29) is 6.04 Å². The molecule has 1 rings (SSSR count). The molecular formula is C13H25N3. The molecular weight excluding hydrogens is 198 g/mol. The zero-order chi connectivity index (χ0) is 11.8. The van der Waals surface area contributed by atoms with Crippen molar-refractivity contribution < 1.29 is 0 Å². The lowest BCUT2D eigenvalue weighted by molar-refractivity contribution is 0.253.